The van der Waals surface area contributed by atoms with Crippen LogP contribution in [0.25, 0.3) is 23.8 Å². The number of carboxylic acid groups (broad SMARTS) is 4. The van der Waals surface area contributed by atoms with Crippen molar-refractivity contribution in [3.8, 4) is 0 Å². The molecule has 1 saturated heterocycles. The van der Waals surface area contributed by atoms with Crippen LogP contribution in [0.1, 0.15) is 140 Å². The molecule has 0 spiro atoms. The minimum Gasteiger partial charge on any atom is -0.480 e. The number of aromatic nitrogens is 3. The molecule has 3 atom stereocenters. The van der Waals surface area contributed by atoms with Gasteiger partial charge in [0, 0.05) is 88.3 Å². The number of nitrogens with one attached hydrogen (secondary N) is 4. The summed E-state index contributed by atoms with van der Waals surface area (Å²) in [6, 6.07) is 0. The summed E-state index contributed by atoms with van der Waals surface area (Å²) in [4.78, 5) is 118. The second kappa shape index (κ2) is 24.1. The molecule has 0 radical (unpaired) electrons. The molecule has 1 unspecified atom stereocenters. The van der Waals surface area contributed by atoms with Crippen molar-refractivity contribution in [3.63, 3.8) is 0 Å². The Kier molecular flexibility index (Phi) is 18.2. The molecule has 3 aliphatic heterocycles. The quantitative estimate of drug-likeness (QED) is 0.0597. The van der Waals surface area contributed by atoms with Crippen LogP contribution in [0.2, 0.25) is 0 Å². The van der Waals surface area contributed by atoms with Gasteiger partial charge in [-0.25, -0.2) is 0 Å². The van der Waals surface area contributed by atoms with Crippen molar-refractivity contribution in [2.45, 2.75) is 106 Å². The van der Waals surface area contributed by atoms with E-state index in [1.165, 1.54) is 0 Å². The summed E-state index contributed by atoms with van der Waals surface area (Å²) >= 11 is 0. The molecule has 74 heavy (non-hydrogen) atoms. The molecule has 0 saturated carbocycles. The highest BCUT2D eigenvalue weighted by atomic mass is 16.5. The smallest absolute Gasteiger partial charge is 0.323 e. The van der Waals surface area contributed by atoms with Gasteiger partial charge in [-0.15, -0.1) is 0 Å². The molecule has 0 aliphatic carbocycles. The number of hydrogen-bond acceptors (Lipinski definition) is 10. The summed E-state index contributed by atoms with van der Waals surface area (Å²) in [5, 5.41) is 43.6. The normalized spacial score (nSPS) is 16.2. The Morgan fingerprint density at radius 2 is 1.26 bits per heavy atom. The maximum Gasteiger partial charge on any atom is 0.323 e. The monoisotopic (exact) mass is 1030 g/mol. The highest BCUT2D eigenvalue weighted by molar-refractivity contribution is 6.05. The van der Waals surface area contributed by atoms with Gasteiger partial charge < -0.3 is 65.0 Å². The van der Waals surface area contributed by atoms with Gasteiger partial charge in [0.1, 0.15) is 39.3 Å². The van der Waals surface area contributed by atoms with Crippen LogP contribution in [-0.4, -0.2) is 161 Å². The Morgan fingerprint density at radius 1 is 0.703 bits per heavy atom. The zero-order valence-corrected chi connectivity index (χ0v) is 43.5. The average molecular weight is 1030 g/mol. The summed E-state index contributed by atoms with van der Waals surface area (Å²) in [5.41, 5.74) is 10.8. The lowest BCUT2D eigenvalue weighted by molar-refractivity contribution is -0.153. The average Bonchev–Trinajstić information content (AvgIpc) is 4.02. The van der Waals surface area contributed by atoms with E-state index in [1.54, 1.807) is 0 Å². The number of carboxylic acids is 4. The Morgan fingerprint density at radius 3 is 1.81 bits per heavy atom. The van der Waals surface area contributed by atoms with Crippen molar-refractivity contribution in [2.24, 2.45) is 11.8 Å². The molecular formula is C53H70N8O13. The van der Waals surface area contributed by atoms with Gasteiger partial charge in [-0.1, -0.05) is 40.5 Å². The topological polar surface area (TPSA) is 299 Å². The number of ether oxygens (including phenoxy) is 1. The maximum absolute atomic E-state index is 14.6. The van der Waals surface area contributed by atoms with E-state index >= 15 is 0 Å². The summed E-state index contributed by atoms with van der Waals surface area (Å²) in [6.45, 7) is 11.5. The minimum absolute atomic E-state index is 0.0846. The van der Waals surface area contributed by atoms with Crippen LogP contribution >= 0.6 is 0 Å². The number of H-pyrrole nitrogens is 3. The van der Waals surface area contributed by atoms with Crippen molar-refractivity contribution < 1.29 is 63.5 Å². The van der Waals surface area contributed by atoms with Crippen LogP contribution in [-0.2, 0) is 44.7 Å². The third-order valence-electron chi connectivity index (χ3n) is 14.3. The van der Waals surface area contributed by atoms with Gasteiger partial charge in [0.15, 0.2) is 0 Å². The maximum atomic E-state index is 14.6. The van der Waals surface area contributed by atoms with Crippen LogP contribution in [0.15, 0.2) is 11.4 Å². The highest BCUT2D eigenvalue weighted by Crippen LogP contribution is 2.44. The number of aromatic amines is 3. The molecule has 3 aliphatic rings. The number of carbonyl (C=O) groups excluding carboxylic acids is 4. The van der Waals surface area contributed by atoms with E-state index in [1.807, 2.05) is 51.7 Å². The number of hydrogen-bond donors (Lipinski definition) is 8. The number of allylic oxidation sites excluding steroid dienone is 2. The second-order valence-electron chi connectivity index (χ2n) is 19.4. The first-order valence-electron chi connectivity index (χ1n) is 25.3. The van der Waals surface area contributed by atoms with Gasteiger partial charge in [-0.2, -0.15) is 0 Å². The molecule has 21 nitrogen and oxygen atoms in total. The van der Waals surface area contributed by atoms with Gasteiger partial charge in [0.25, 0.3) is 5.91 Å². The van der Waals surface area contributed by atoms with Gasteiger partial charge in [-0.05, 0) is 93.9 Å². The Balaban J connectivity index is 1.53. The predicted octanol–water partition coefficient (Wildman–Crippen LogP) is 3.48. The number of aliphatic carboxylic acids is 4. The zero-order valence-electron chi connectivity index (χ0n) is 43.5. The molecule has 400 valence electrons. The minimum atomic E-state index is -1.54. The van der Waals surface area contributed by atoms with Gasteiger partial charge in [0.05, 0.1) is 17.4 Å². The van der Waals surface area contributed by atoms with Crippen molar-refractivity contribution >= 4 is 71.3 Å². The lowest BCUT2D eigenvalue weighted by Crippen LogP contribution is -2.50. The van der Waals surface area contributed by atoms with Crippen molar-refractivity contribution in [3.05, 3.63) is 78.2 Å². The lowest BCUT2D eigenvalue weighted by Gasteiger charge is -2.31. The molecule has 3 aromatic heterocycles. The van der Waals surface area contributed by atoms with E-state index in [0.717, 1.165) is 110 Å². The molecule has 3 aromatic rings. The number of rotatable bonds is 24. The van der Waals surface area contributed by atoms with Gasteiger partial charge >= 0.3 is 23.9 Å². The standard InChI is InChI=1S/C53H70N8O13/c1-9-12-16-58-21-35-51-34(14-15-42(62)59(22-43(63)60(24-45(65)66)25-46(67)68)23-44(64)61(26-47(69)70)27-48(71)72)29(5)37(56-51)18-38-30(6)49(32(8)74-17-13-10-2)41(55-38)20-36-28(4)33(11-3)40(54-36)19-39-31(7)50(53(58)73)52(35)57-39/h18-20,29,32,34,54-57H,9-17,21-27H2,1-8H3,(H,65,66)(H,67,68)(H,69,70)(H,71,72)/t29-,32?,34-/m0/s1. The first-order chi connectivity index (χ1) is 35.1. The first-order valence-corrected chi connectivity index (χ1v) is 25.3. The molecule has 8 N–H and O–H groups in total. The summed E-state index contributed by atoms with van der Waals surface area (Å²) in [7, 11) is 0. The van der Waals surface area contributed by atoms with E-state index in [4.69, 9.17) is 4.74 Å². The third kappa shape index (κ3) is 12.5. The molecule has 8 bridgehead atoms. The van der Waals surface area contributed by atoms with Crippen molar-refractivity contribution in [2.75, 3.05) is 59.0 Å². The van der Waals surface area contributed by atoms with Crippen LogP contribution in [0.5, 0.6) is 0 Å². The number of amides is 4. The van der Waals surface area contributed by atoms with Crippen LogP contribution in [0.3, 0.4) is 0 Å². The predicted molar refractivity (Wildman–Crippen MR) is 273 cm³/mol. The fourth-order valence-corrected chi connectivity index (χ4v) is 10.3. The summed E-state index contributed by atoms with van der Waals surface area (Å²) in [5.74, 6) is -10.2. The van der Waals surface area contributed by atoms with Crippen LogP contribution in [0.4, 0.5) is 0 Å². The molecule has 6 heterocycles. The van der Waals surface area contributed by atoms with E-state index in [-0.39, 0.29) is 37.3 Å². The first kappa shape index (κ1) is 55.9. The van der Waals surface area contributed by atoms with Crippen LogP contribution in [0, 0.1) is 32.6 Å². The fourth-order valence-electron chi connectivity index (χ4n) is 10.3. The van der Waals surface area contributed by atoms with E-state index in [2.05, 4.69) is 47.1 Å². The Hall–Kier alpha value is -7.42. The summed E-state index contributed by atoms with van der Waals surface area (Å²) < 4.78 is 6.42. The third-order valence-corrected chi connectivity index (χ3v) is 14.3. The molecule has 4 amide bonds. The fraction of sp³-hybridized carbons (Fsp3) is 0.509. The zero-order chi connectivity index (χ0) is 54.3. The van der Waals surface area contributed by atoms with E-state index in [9.17, 15) is 58.8 Å². The number of unbranched alkanes of at least 4 members (excludes halogenated alkanes) is 2. The molecule has 21 heteroatoms. The molecular weight excluding hydrogens is 957 g/mol. The van der Waals surface area contributed by atoms with Crippen molar-refractivity contribution in [1.29, 1.82) is 0 Å². The van der Waals surface area contributed by atoms with Crippen molar-refractivity contribution in [1.82, 2.24) is 39.9 Å². The number of carbonyl (C=O) groups is 8. The lowest BCUT2D eigenvalue weighted by atomic mass is 9.85. The van der Waals surface area contributed by atoms with E-state index < -0.39 is 86.8 Å². The SMILES string of the molecule is CCCCOC(C)c1c2[nH]c(c1C)C=C1NC(=C3CN(CCCC)C(=O)c4c3[nH]c(c4C)C=c3[nH]c(c(C)c3CC)=C2)[C@@H](CCC(=O)N(CC(=O)N(CC(=O)O)CC(=O)O)CC(=O)N(CC(=O)O)CC(=O)O)[C@@H]1C. The Bertz CT molecular complexity index is 2820. The van der Waals surface area contributed by atoms with Gasteiger partial charge in [-0.3, -0.25) is 38.4 Å². The molecule has 6 rings (SSSR count). The number of nitrogens with zero attached hydrogens (tertiary/aromatic N) is 4. The molecule has 0 aromatic carbocycles. The second-order valence-corrected chi connectivity index (χ2v) is 19.4. The largest absolute Gasteiger partial charge is 0.480 e. The summed E-state index contributed by atoms with van der Waals surface area (Å²) in [6.07, 6.45) is 9.87. The van der Waals surface area contributed by atoms with Crippen LogP contribution < -0.4 is 16.0 Å². The molecule has 1 fully saturated rings. The van der Waals surface area contributed by atoms with Gasteiger partial charge in [0.2, 0.25) is 17.7 Å². The van der Waals surface area contributed by atoms with E-state index in [0.29, 0.717) is 34.2 Å². The number of fused-ring (bicyclic) bond motifs is 7. The highest BCUT2D eigenvalue weighted by Gasteiger charge is 2.41. The Labute approximate surface area is 429 Å².